The minimum absolute atomic E-state index is 0.206. The zero-order chi connectivity index (χ0) is 16.2. The van der Waals surface area contributed by atoms with E-state index in [0.717, 1.165) is 37.5 Å². The number of para-hydroxylation sites is 1. The van der Waals surface area contributed by atoms with Crippen molar-refractivity contribution in [3.8, 4) is 5.88 Å². The maximum atomic E-state index is 6.04. The molecule has 0 aliphatic carbocycles. The molecule has 1 saturated heterocycles. The molecule has 0 radical (unpaired) electrons. The summed E-state index contributed by atoms with van der Waals surface area (Å²) < 4.78 is 6.04. The van der Waals surface area contributed by atoms with Crippen molar-refractivity contribution in [3.63, 3.8) is 0 Å². The van der Waals surface area contributed by atoms with Gasteiger partial charge in [-0.25, -0.2) is 4.98 Å². The molecule has 2 heterocycles. The summed E-state index contributed by atoms with van der Waals surface area (Å²) in [7, 11) is 4.21. The smallest absolute Gasteiger partial charge is 0.213 e. The molecule has 0 unspecified atom stereocenters. The molecule has 1 atom stereocenters. The Labute approximate surface area is 138 Å². The molecule has 0 amide bonds. The number of aromatic nitrogens is 1. The Morgan fingerprint density at radius 3 is 2.78 bits per heavy atom. The fourth-order valence-corrected chi connectivity index (χ4v) is 3.03. The number of pyridine rings is 1. The van der Waals surface area contributed by atoms with Crippen molar-refractivity contribution in [1.29, 1.82) is 0 Å². The van der Waals surface area contributed by atoms with Gasteiger partial charge in [-0.3, -0.25) is 0 Å². The molecule has 4 nitrogen and oxygen atoms in total. The summed E-state index contributed by atoms with van der Waals surface area (Å²) >= 11 is 0. The van der Waals surface area contributed by atoms with Gasteiger partial charge < -0.3 is 14.5 Å². The van der Waals surface area contributed by atoms with Crippen LogP contribution >= 0.6 is 0 Å². The van der Waals surface area contributed by atoms with Crippen LogP contribution in [0.15, 0.2) is 42.6 Å². The summed E-state index contributed by atoms with van der Waals surface area (Å²) in [6, 6.07) is 12.7. The zero-order valence-electron chi connectivity index (χ0n) is 14.2. The first-order valence-corrected chi connectivity index (χ1v) is 8.19. The van der Waals surface area contributed by atoms with E-state index in [1.807, 2.05) is 25.3 Å². The van der Waals surface area contributed by atoms with E-state index in [2.05, 4.69) is 53.1 Å². The Hall–Kier alpha value is -2.07. The molecule has 122 valence electrons. The molecule has 1 aromatic carbocycles. The highest BCUT2D eigenvalue weighted by molar-refractivity contribution is 5.54. The number of rotatable bonds is 5. The van der Waals surface area contributed by atoms with Gasteiger partial charge in [0.25, 0.3) is 0 Å². The standard InChI is InChI=1S/C19H25N3O/c1-15-8-9-19(20-12-15)23-17-10-11-22(14-17)18-7-5-4-6-16(18)13-21(2)3/h4-9,12,17H,10-11,13-14H2,1-3H3/t17-/m1/s1. The lowest BCUT2D eigenvalue weighted by molar-refractivity contribution is 0.216. The summed E-state index contributed by atoms with van der Waals surface area (Å²) in [4.78, 5) is 8.98. The van der Waals surface area contributed by atoms with Gasteiger partial charge in [-0.2, -0.15) is 0 Å². The van der Waals surface area contributed by atoms with Crippen LogP contribution in [0.3, 0.4) is 0 Å². The third-order valence-electron chi connectivity index (χ3n) is 4.14. The van der Waals surface area contributed by atoms with Gasteiger partial charge in [0.15, 0.2) is 0 Å². The van der Waals surface area contributed by atoms with E-state index < -0.39 is 0 Å². The van der Waals surface area contributed by atoms with Gasteiger partial charge in [-0.05, 0) is 38.2 Å². The highest BCUT2D eigenvalue weighted by Crippen LogP contribution is 2.27. The monoisotopic (exact) mass is 311 g/mol. The van der Waals surface area contributed by atoms with E-state index in [1.54, 1.807) is 0 Å². The first-order chi connectivity index (χ1) is 11.1. The van der Waals surface area contributed by atoms with Crippen LogP contribution in [0.1, 0.15) is 17.5 Å². The summed E-state index contributed by atoms with van der Waals surface area (Å²) in [5.74, 6) is 0.726. The van der Waals surface area contributed by atoms with E-state index in [4.69, 9.17) is 4.74 Å². The van der Waals surface area contributed by atoms with Crippen molar-refractivity contribution in [2.45, 2.75) is 26.0 Å². The fourth-order valence-electron chi connectivity index (χ4n) is 3.03. The Kier molecular flexibility index (Phi) is 4.82. The van der Waals surface area contributed by atoms with E-state index in [9.17, 15) is 0 Å². The molecule has 3 rings (SSSR count). The Morgan fingerprint density at radius 1 is 1.22 bits per heavy atom. The van der Waals surface area contributed by atoms with Crippen molar-refractivity contribution in [2.75, 3.05) is 32.1 Å². The second-order valence-corrected chi connectivity index (χ2v) is 6.51. The molecule has 1 fully saturated rings. The van der Waals surface area contributed by atoms with Gasteiger partial charge in [0.1, 0.15) is 6.10 Å². The summed E-state index contributed by atoms with van der Waals surface area (Å²) in [5, 5.41) is 0. The Morgan fingerprint density at radius 2 is 2.04 bits per heavy atom. The van der Waals surface area contributed by atoms with Gasteiger partial charge in [-0.15, -0.1) is 0 Å². The molecule has 0 spiro atoms. The first kappa shape index (κ1) is 15.8. The highest BCUT2D eigenvalue weighted by atomic mass is 16.5. The van der Waals surface area contributed by atoms with Crippen LogP contribution in [-0.4, -0.2) is 43.2 Å². The molecule has 0 N–H and O–H groups in total. The lowest BCUT2D eigenvalue weighted by atomic mass is 10.1. The van der Waals surface area contributed by atoms with Gasteiger partial charge in [-0.1, -0.05) is 24.3 Å². The molecule has 1 aromatic heterocycles. The molecule has 1 aliphatic heterocycles. The SMILES string of the molecule is Cc1ccc(O[C@@H]2CCN(c3ccccc3CN(C)C)C2)nc1. The minimum Gasteiger partial charge on any atom is -0.472 e. The molecule has 1 aliphatic rings. The maximum absolute atomic E-state index is 6.04. The Bertz CT molecular complexity index is 639. The lowest BCUT2D eigenvalue weighted by Crippen LogP contribution is -2.26. The second kappa shape index (κ2) is 7.01. The second-order valence-electron chi connectivity index (χ2n) is 6.51. The summed E-state index contributed by atoms with van der Waals surface area (Å²) in [6.45, 7) is 4.94. The van der Waals surface area contributed by atoms with Gasteiger partial charge in [0.2, 0.25) is 5.88 Å². The molecule has 2 aromatic rings. The van der Waals surface area contributed by atoms with Crippen LogP contribution < -0.4 is 9.64 Å². The van der Waals surface area contributed by atoms with Crippen LogP contribution in [0.25, 0.3) is 0 Å². The average Bonchev–Trinajstić information content (AvgIpc) is 2.98. The van der Waals surface area contributed by atoms with Crippen molar-refractivity contribution >= 4 is 5.69 Å². The predicted molar refractivity (Wildman–Crippen MR) is 94.1 cm³/mol. The number of anilines is 1. The predicted octanol–water partition coefficient (Wildman–Crippen LogP) is 3.11. The van der Waals surface area contributed by atoms with Crippen molar-refractivity contribution in [3.05, 3.63) is 53.7 Å². The van der Waals surface area contributed by atoms with Gasteiger partial charge >= 0.3 is 0 Å². The third kappa shape index (κ3) is 4.02. The van der Waals surface area contributed by atoms with Crippen molar-refractivity contribution in [1.82, 2.24) is 9.88 Å². The normalized spacial score (nSPS) is 17.7. The number of hydrogen-bond donors (Lipinski definition) is 0. The summed E-state index contributed by atoms with van der Waals surface area (Å²) in [5.41, 5.74) is 3.85. The van der Waals surface area contributed by atoms with Crippen LogP contribution in [0.4, 0.5) is 5.69 Å². The number of nitrogens with zero attached hydrogens (tertiary/aromatic N) is 3. The third-order valence-corrected chi connectivity index (χ3v) is 4.14. The van der Waals surface area contributed by atoms with Crippen LogP contribution in [0.2, 0.25) is 0 Å². The molecule has 23 heavy (non-hydrogen) atoms. The van der Waals surface area contributed by atoms with E-state index in [-0.39, 0.29) is 6.10 Å². The molecular weight excluding hydrogens is 286 g/mol. The van der Waals surface area contributed by atoms with Crippen LogP contribution in [0, 0.1) is 6.92 Å². The van der Waals surface area contributed by atoms with E-state index in [0.29, 0.717) is 0 Å². The Balaban J connectivity index is 1.66. The highest BCUT2D eigenvalue weighted by Gasteiger charge is 2.25. The number of hydrogen-bond acceptors (Lipinski definition) is 4. The minimum atomic E-state index is 0.206. The van der Waals surface area contributed by atoms with Gasteiger partial charge in [0, 0.05) is 37.5 Å². The topological polar surface area (TPSA) is 28.6 Å². The van der Waals surface area contributed by atoms with E-state index in [1.165, 1.54) is 11.3 Å². The average molecular weight is 311 g/mol. The molecular formula is C19H25N3O. The van der Waals surface area contributed by atoms with E-state index >= 15 is 0 Å². The molecule has 0 bridgehead atoms. The maximum Gasteiger partial charge on any atom is 0.213 e. The number of benzene rings is 1. The molecule has 4 heteroatoms. The largest absolute Gasteiger partial charge is 0.472 e. The quantitative estimate of drug-likeness (QED) is 0.848. The van der Waals surface area contributed by atoms with Crippen LogP contribution in [-0.2, 0) is 6.54 Å². The van der Waals surface area contributed by atoms with Crippen LogP contribution in [0.5, 0.6) is 5.88 Å². The number of ether oxygens (including phenoxy) is 1. The van der Waals surface area contributed by atoms with Crippen molar-refractivity contribution in [2.24, 2.45) is 0 Å². The van der Waals surface area contributed by atoms with Crippen molar-refractivity contribution < 1.29 is 4.74 Å². The first-order valence-electron chi connectivity index (χ1n) is 8.19. The number of aryl methyl sites for hydroxylation is 1. The zero-order valence-corrected chi connectivity index (χ0v) is 14.2. The lowest BCUT2D eigenvalue weighted by Gasteiger charge is -2.23. The van der Waals surface area contributed by atoms with Gasteiger partial charge in [0.05, 0.1) is 6.54 Å². The molecule has 0 saturated carbocycles. The summed E-state index contributed by atoms with van der Waals surface area (Å²) in [6.07, 6.45) is 3.10. The fraction of sp³-hybridized carbons (Fsp3) is 0.421.